The van der Waals surface area contributed by atoms with Crippen molar-refractivity contribution in [1.82, 2.24) is 0 Å². The summed E-state index contributed by atoms with van der Waals surface area (Å²) in [5, 5.41) is 0.675. The van der Waals surface area contributed by atoms with E-state index in [4.69, 9.17) is 4.99 Å². The van der Waals surface area contributed by atoms with Gasteiger partial charge in [0.25, 0.3) is 5.91 Å². The van der Waals surface area contributed by atoms with Gasteiger partial charge in [-0.05, 0) is 97.6 Å². The summed E-state index contributed by atoms with van der Waals surface area (Å²) in [5.74, 6) is -0.0454. The van der Waals surface area contributed by atoms with Gasteiger partial charge in [0.15, 0.2) is 5.17 Å². The van der Waals surface area contributed by atoms with Gasteiger partial charge in [-0.3, -0.25) is 9.69 Å². The number of hydrogen-bond acceptors (Lipinski definition) is 4. The molecule has 35 heavy (non-hydrogen) atoms. The van der Waals surface area contributed by atoms with Gasteiger partial charge in [0, 0.05) is 18.8 Å². The summed E-state index contributed by atoms with van der Waals surface area (Å²) < 4.78 is 0. The third kappa shape index (κ3) is 5.68. The number of thioether (sulfide) groups is 1. The molecule has 0 saturated carbocycles. The maximum Gasteiger partial charge on any atom is 0.271 e. The zero-order valence-corrected chi connectivity index (χ0v) is 21.8. The van der Waals surface area contributed by atoms with Gasteiger partial charge in [-0.1, -0.05) is 50.2 Å². The molecule has 0 N–H and O–H groups in total. The third-order valence-electron chi connectivity index (χ3n) is 6.30. The molecule has 180 valence electrons. The number of aryl methyl sites for hydroxylation is 2. The number of rotatable bonds is 8. The maximum atomic E-state index is 13.6. The van der Waals surface area contributed by atoms with E-state index in [0.717, 1.165) is 42.9 Å². The second-order valence-corrected chi connectivity index (χ2v) is 9.46. The minimum absolute atomic E-state index is 0.0454. The molecule has 4 nitrogen and oxygen atoms in total. The number of carbonyl (C=O) groups excluding carboxylic acids is 1. The van der Waals surface area contributed by atoms with Gasteiger partial charge >= 0.3 is 0 Å². The standard InChI is InChI=1S/C30H33N3OS/c1-5-22-9-15-25(16-10-22)31-30-33(27-19-11-23(6-2)12-20-27)29(34)28(35-30)21-24-13-17-26(18-14-24)32(7-3)8-4/h9-21H,5-8H2,1-4H3/b28-21-,31-30?. The zero-order valence-electron chi connectivity index (χ0n) is 21.0. The summed E-state index contributed by atoms with van der Waals surface area (Å²) in [6, 6.07) is 24.8. The van der Waals surface area contributed by atoms with E-state index in [-0.39, 0.29) is 5.91 Å². The SMILES string of the molecule is CCc1ccc(N=C2S/C(=C\c3ccc(N(CC)CC)cc3)C(=O)N2c2ccc(CC)cc2)cc1. The van der Waals surface area contributed by atoms with Gasteiger partial charge in [0.1, 0.15) is 0 Å². The smallest absolute Gasteiger partial charge is 0.271 e. The van der Waals surface area contributed by atoms with Crippen molar-refractivity contribution in [1.29, 1.82) is 0 Å². The average molecular weight is 484 g/mol. The van der Waals surface area contributed by atoms with E-state index < -0.39 is 0 Å². The first kappa shape index (κ1) is 24.8. The van der Waals surface area contributed by atoms with Gasteiger partial charge in [-0.2, -0.15) is 0 Å². The fourth-order valence-electron chi connectivity index (χ4n) is 4.10. The van der Waals surface area contributed by atoms with Gasteiger partial charge in [-0.15, -0.1) is 0 Å². The minimum Gasteiger partial charge on any atom is -0.372 e. The summed E-state index contributed by atoms with van der Waals surface area (Å²) >= 11 is 1.43. The third-order valence-corrected chi connectivity index (χ3v) is 7.27. The largest absolute Gasteiger partial charge is 0.372 e. The van der Waals surface area contributed by atoms with Gasteiger partial charge < -0.3 is 4.90 Å². The molecule has 0 bridgehead atoms. The van der Waals surface area contributed by atoms with Gasteiger partial charge in [0.05, 0.1) is 16.3 Å². The molecule has 0 aliphatic carbocycles. The molecule has 1 aliphatic rings. The van der Waals surface area contributed by atoms with E-state index in [0.29, 0.717) is 10.1 Å². The van der Waals surface area contributed by atoms with Crippen LogP contribution < -0.4 is 9.80 Å². The van der Waals surface area contributed by atoms with Crippen LogP contribution >= 0.6 is 11.8 Å². The summed E-state index contributed by atoms with van der Waals surface area (Å²) in [5.41, 5.74) is 6.39. The first-order valence-electron chi connectivity index (χ1n) is 12.4. The van der Waals surface area contributed by atoms with Crippen LogP contribution in [0.5, 0.6) is 0 Å². The Labute approximate surface area is 213 Å². The van der Waals surface area contributed by atoms with Crippen molar-refractivity contribution >= 4 is 46.0 Å². The van der Waals surface area contributed by atoms with E-state index in [2.05, 4.69) is 81.1 Å². The summed E-state index contributed by atoms with van der Waals surface area (Å²) in [7, 11) is 0. The molecule has 3 aromatic rings. The lowest BCUT2D eigenvalue weighted by Crippen LogP contribution is -2.28. The molecule has 0 atom stereocenters. The van der Waals surface area contributed by atoms with Crippen molar-refractivity contribution < 1.29 is 4.79 Å². The first-order valence-corrected chi connectivity index (χ1v) is 13.2. The molecule has 4 rings (SSSR count). The van der Waals surface area contributed by atoms with E-state index in [1.165, 1.54) is 28.6 Å². The molecule has 1 fully saturated rings. The fourth-order valence-corrected chi connectivity index (χ4v) is 5.10. The van der Waals surface area contributed by atoms with Crippen molar-refractivity contribution in [3.8, 4) is 0 Å². The molecule has 5 heteroatoms. The van der Waals surface area contributed by atoms with Crippen LogP contribution in [0.1, 0.15) is 44.4 Å². The Morgan fingerprint density at radius 2 is 1.37 bits per heavy atom. The Morgan fingerprint density at radius 1 is 0.800 bits per heavy atom. The average Bonchev–Trinajstić information content (AvgIpc) is 3.20. The molecule has 3 aromatic carbocycles. The van der Waals surface area contributed by atoms with Crippen LogP contribution in [0.25, 0.3) is 6.08 Å². The van der Waals surface area contributed by atoms with E-state index in [1.54, 1.807) is 4.90 Å². The van der Waals surface area contributed by atoms with Crippen molar-refractivity contribution in [2.75, 3.05) is 22.9 Å². The van der Waals surface area contributed by atoms with Crippen molar-refractivity contribution in [2.45, 2.75) is 40.5 Å². The molecule has 1 amide bonds. The van der Waals surface area contributed by atoms with Crippen LogP contribution in [-0.2, 0) is 17.6 Å². The Hall–Kier alpha value is -3.31. The highest BCUT2D eigenvalue weighted by Gasteiger charge is 2.34. The van der Waals surface area contributed by atoms with Crippen molar-refractivity contribution in [2.24, 2.45) is 4.99 Å². The predicted molar refractivity (Wildman–Crippen MR) is 152 cm³/mol. The van der Waals surface area contributed by atoms with Crippen molar-refractivity contribution in [3.63, 3.8) is 0 Å². The second-order valence-electron chi connectivity index (χ2n) is 8.45. The van der Waals surface area contributed by atoms with E-state index in [9.17, 15) is 4.79 Å². The van der Waals surface area contributed by atoms with Crippen molar-refractivity contribution in [3.05, 3.63) is 94.4 Å². The van der Waals surface area contributed by atoms with Gasteiger partial charge in [-0.25, -0.2) is 4.99 Å². The van der Waals surface area contributed by atoms with Crippen LogP contribution in [0.15, 0.2) is 82.7 Å². The second kappa shape index (κ2) is 11.4. The highest BCUT2D eigenvalue weighted by molar-refractivity contribution is 8.19. The lowest BCUT2D eigenvalue weighted by molar-refractivity contribution is -0.113. The van der Waals surface area contributed by atoms with Crippen LogP contribution in [0.2, 0.25) is 0 Å². The topological polar surface area (TPSA) is 35.9 Å². The maximum absolute atomic E-state index is 13.6. The first-order chi connectivity index (χ1) is 17.1. The van der Waals surface area contributed by atoms with Crippen LogP contribution in [0, 0.1) is 0 Å². The molecule has 0 aromatic heterocycles. The van der Waals surface area contributed by atoms with E-state index >= 15 is 0 Å². The van der Waals surface area contributed by atoms with E-state index in [1.807, 2.05) is 30.3 Å². The highest BCUT2D eigenvalue weighted by atomic mass is 32.2. The zero-order chi connectivity index (χ0) is 24.8. The quantitative estimate of drug-likeness (QED) is 0.312. The summed E-state index contributed by atoms with van der Waals surface area (Å²) in [6.07, 6.45) is 3.91. The summed E-state index contributed by atoms with van der Waals surface area (Å²) in [4.78, 5) is 23.2. The normalized spacial score (nSPS) is 15.9. The number of hydrogen-bond donors (Lipinski definition) is 0. The molecule has 1 saturated heterocycles. The monoisotopic (exact) mass is 483 g/mol. The number of benzene rings is 3. The molecular weight excluding hydrogens is 450 g/mol. The number of carbonyl (C=O) groups is 1. The fraction of sp³-hybridized carbons (Fsp3) is 0.267. The lowest BCUT2D eigenvalue weighted by Gasteiger charge is -2.20. The van der Waals surface area contributed by atoms with Crippen LogP contribution in [-0.4, -0.2) is 24.2 Å². The van der Waals surface area contributed by atoms with Crippen LogP contribution in [0.4, 0.5) is 17.1 Å². The Kier molecular flexibility index (Phi) is 8.09. The summed E-state index contributed by atoms with van der Waals surface area (Å²) in [6.45, 7) is 10.5. The number of anilines is 2. The number of nitrogens with zero attached hydrogens (tertiary/aromatic N) is 3. The lowest BCUT2D eigenvalue weighted by atomic mass is 10.1. The Balaban J connectivity index is 1.69. The van der Waals surface area contributed by atoms with Crippen LogP contribution in [0.3, 0.4) is 0 Å². The molecule has 0 spiro atoms. The molecule has 1 aliphatic heterocycles. The molecule has 1 heterocycles. The highest BCUT2D eigenvalue weighted by Crippen LogP contribution is 2.37. The number of amidine groups is 1. The molecular formula is C30H33N3OS. The molecule has 0 radical (unpaired) electrons. The number of amides is 1. The predicted octanol–water partition coefficient (Wildman–Crippen LogP) is 7.47. The molecule has 0 unspecified atom stereocenters. The number of aliphatic imine (C=N–C) groups is 1. The Bertz CT molecular complexity index is 1210. The minimum atomic E-state index is -0.0454. The Morgan fingerprint density at radius 3 is 1.91 bits per heavy atom. The van der Waals surface area contributed by atoms with Gasteiger partial charge in [0.2, 0.25) is 0 Å².